The molecule has 1 aliphatic rings. The Hall–Kier alpha value is -1.39. The Morgan fingerprint density at radius 1 is 0.643 bits per heavy atom. The van der Waals surface area contributed by atoms with Gasteiger partial charge in [0.15, 0.2) is 5.78 Å². The predicted octanol–water partition coefficient (Wildman–Crippen LogP) is 5.69. The number of fused-ring (bicyclic) bond motifs is 3. The number of benzene rings is 2. The van der Waals surface area contributed by atoms with Gasteiger partial charge in [0.05, 0.1) is 0 Å². The van der Waals surface area contributed by atoms with E-state index in [1.807, 2.05) is 12.1 Å². The molecule has 0 aromatic heterocycles. The van der Waals surface area contributed by atoms with Crippen LogP contribution >= 0.6 is 24.8 Å². The molecular weight excluding hydrogens is 391 g/mol. The topological polar surface area (TPSA) is 69.1 Å². The van der Waals surface area contributed by atoms with Crippen molar-refractivity contribution in [1.82, 2.24) is 0 Å². The van der Waals surface area contributed by atoms with Gasteiger partial charge in [-0.05, 0) is 60.1 Å². The maximum Gasteiger partial charge on any atom is 0.194 e. The van der Waals surface area contributed by atoms with Crippen LogP contribution in [0.3, 0.4) is 0 Å². The average molecular weight is 423 g/mol. The van der Waals surface area contributed by atoms with Crippen molar-refractivity contribution in [3.63, 3.8) is 0 Å². The fraction of sp³-hybridized carbons (Fsp3) is 0.435. The second-order valence-corrected chi connectivity index (χ2v) is 7.58. The fourth-order valence-corrected chi connectivity index (χ4v) is 4.01. The lowest BCUT2D eigenvalue weighted by molar-refractivity contribution is 0.104. The SMILES string of the molecule is CCC(N)(CC)c1ccc2c(c1)C(=O)c1cc(C(N)(CC)CC)ccc1-2.Cl.Cl. The summed E-state index contributed by atoms with van der Waals surface area (Å²) in [6.45, 7) is 8.37. The number of hydrogen-bond acceptors (Lipinski definition) is 3. The van der Waals surface area contributed by atoms with E-state index < -0.39 is 0 Å². The van der Waals surface area contributed by atoms with Crippen LogP contribution in [0.5, 0.6) is 0 Å². The summed E-state index contributed by atoms with van der Waals surface area (Å²) in [5.41, 5.74) is 18.0. The van der Waals surface area contributed by atoms with E-state index in [9.17, 15) is 4.79 Å². The average Bonchev–Trinajstić information content (AvgIpc) is 2.98. The van der Waals surface area contributed by atoms with Crippen molar-refractivity contribution < 1.29 is 4.79 Å². The van der Waals surface area contributed by atoms with E-state index in [-0.39, 0.29) is 41.7 Å². The molecule has 0 unspecified atom stereocenters. The molecule has 0 saturated carbocycles. The van der Waals surface area contributed by atoms with E-state index in [0.717, 1.165) is 59.1 Å². The number of carbonyl (C=O) groups is 1. The quantitative estimate of drug-likeness (QED) is 0.535. The molecule has 3 nitrogen and oxygen atoms in total. The van der Waals surface area contributed by atoms with Crippen LogP contribution in [0, 0.1) is 0 Å². The van der Waals surface area contributed by atoms with Gasteiger partial charge in [0.2, 0.25) is 0 Å². The highest BCUT2D eigenvalue weighted by Gasteiger charge is 2.32. The van der Waals surface area contributed by atoms with Crippen molar-refractivity contribution in [3.05, 3.63) is 58.7 Å². The molecule has 28 heavy (non-hydrogen) atoms. The minimum absolute atomic E-state index is 0. The third-order valence-electron chi connectivity index (χ3n) is 6.49. The molecule has 0 fully saturated rings. The second kappa shape index (κ2) is 8.96. The van der Waals surface area contributed by atoms with Crippen molar-refractivity contribution in [1.29, 1.82) is 0 Å². The summed E-state index contributed by atoms with van der Waals surface area (Å²) in [5, 5.41) is 0. The van der Waals surface area contributed by atoms with Gasteiger partial charge in [-0.15, -0.1) is 24.8 Å². The first-order valence-electron chi connectivity index (χ1n) is 9.75. The zero-order valence-corrected chi connectivity index (χ0v) is 18.8. The summed E-state index contributed by atoms with van der Waals surface area (Å²) in [6.07, 6.45) is 3.37. The van der Waals surface area contributed by atoms with Gasteiger partial charge in [0, 0.05) is 22.2 Å². The van der Waals surface area contributed by atoms with E-state index in [2.05, 4.69) is 52.0 Å². The molecule has 0 spiro atoms. The molecule has 2 aromatic rings. The van der Waals surface area contributed by atoms with E-state index in [4.69, 9.17) is 11.5 Å². The lowest BCUT2D eigenvalue weighted by atomic mass is 9.84. The summed E-state index contributed by atoms with van der Waals surface area (Å²) in [5.74, 6) is 0.0859. The molecule has 0 bridgehead atoms. The normalized spacial score (nSPS) is 12.7. The highest BCUT2D eigenvalue weighted by atomic mass is 35.5. The Labute approximate surface area is 181 Å². The van der Waals surface area contributed by atoms with Crippen molar-refractivity contribution >= 4 is 30.6 Å². The maximum absolute atomic E-state index is 13.1. The van der Waals surface area contributed by atoms with Crippen molar-refractivity contribution in [2.45, 2.75) is 64.5 Å². The van der Waals surface area contributed by atoms with E-state index in [1.54, 1.807) is 0 Å². The lowest BCUT2D eigenvalue weighted by Crippen LogP contribution is -2.35. The molecule has 3 rings (SSSR count). The Kier molecular flexibility index (Phi) is 7.89. The van der Waals surface area contributed by atoms with Crippen LogP contribution in [0.4, 0.5) is 0 Å². The molecule has 2 aromatic carbocycles. The standard InChI is InChI=1S/C23H30N2O.2ClH/c1-5-22(24,6-2)15-9-11-17-18-12-10-16(23(25,7-3)8-4)14-20(18)21(26)19(17)13-15;;/h9-14H,5-8,24-25H2,1-4H3;2*1H. The Bertz CT molecular complexity index is 786. The fourth-order valence-electron chi connectivity index (χ4n) is 4.01. The first kappa shape index (κ1) is 24.6. The molecule has 4 N–H and O–H groups in total. The van der Waals surface area contributed by atoms with Crippen LogP contribution in [-0.2, 0) is 11.1 Å². The predicted molar refractivity (Wildman–Crippen MR) is 123 cm³/mol. The van der Waals surface area contributed by atoms with Gasteiger partial charge in [-0.25, -0.2) is 0 Å². The van der Waals surface area contributed by atoms with Crippen LogP contribution in [-0.4, -0.2) is 5.78 Å². The summed E-state index contributed by atoms with van der Waals surface area (Å²) in [7, 11) is 0. The number of halogens is 2. The van der Waals surface area contributed by atoms with Gasteiger partial charge in [-0.3, -0.25) is 4.79 Å². The van der Waals surface area contributed by atoms with Crippen molar-refractivity contribution in [3.8, 4) is 11.1 Å². The summed E-state index contributed by atoms with van der Waals surface area (Å²) >= 11 is 0. The van der Waals surface area contributed by atoms with Gasteiger partial charge < -0.3 is 11.5 Å². The van der Waals surface area contributed by atoms with Gasteiger partial charge in [0.25, 0.3) is 0 Å². The molecule has 0 aliphatic heterocycles. The van der Waals surface area contributed by atoms with Gasteiger partial charge >= 0.3 is 0 Å². The highest BCUT2D eigenvalue weighted by molar-refractivity contribution is 6.21. The third-order valence-corrected chi connectivity index (χ3v) is 6.49. The first-order valence-corrected chi connectivity index (χ1v) is 9.75. The number of ketones is 1. The molecule has 0 atom stereocenters. The molecule has 154 valence electrons. The second-order valence-electron chi connectivity index (χ2n) is 7.58. The van der Waals surface area contributed by atoms with E-state index >= 15 is 0 Å². The lowest BCUT2D eigenvalue weighted by Gasteiger charge is -2.27. The van der Waals surface area contributed by atoms with E-state index in [0.29, 0.717) is 0 Å². The molecule has 0 heterocycles. The largest absolute Gasteiger partial charge is 0.321 e. The smallest absolute Gasteiger partial charge is 0.194 e. The summed E-state index contributed by atoms with van der Waals surface area (Å²) in [4.78, 5) is 13.1. The molecule has 0 saturated heterocycles. The summed E-state index contributed by atoms with van der Waals surface area (Å²) < 4.78 is 0. The molecule has 0 radical (unpaired) electrons. The third kappa shape index (κ3) is 3.73. The van der Waals surface area contributed by atoms with Crippen LogP contribution in [0.2, 0.25) is 0 Å². The number of nitrogens with two attached hydrogens (primary N) is 2. The van der Waals surface area contributed by atoms with Crippen LogP contribution < -0.4 is 11.5 Å². The molecule has 0 amide bonds. The summed E-state index contributed by atoms with van der Waals surface area (Å²) in [6, 6.07) is 12.3. The van der Waals surface area contributed by atoms with Gasteiger partial charge in [-0.2, -0.15) is 0 Å². The number of hydrogen-bond donors (Lipinski definition) is 2. The van der Waals surface area contributed by atoms with Crippen molar-refractivity contribution in [2.75, 3.05) is 0 Å². The molecule has 1 aliphatic carbocycles. The van der Waals surface area contributed by atoms with Crippen molar-refractivity contribution in [2.24, 2.45) is 11.5 Å². The Balaban J connectivity index is 0.00000196. The zero-order chi connectivity index (χ0) is 19.1. The van der Waals surface area contributed by atoms with E-state index in [1.165, 1.54) is 0 Å². The molecular formula is C23H32Cl2N2O. The van der Waals surface area contributed by atoms with Gasteiger partial charge in [0.1, 0.15) is 0 Å². The Morgan fingerprint density at radius 3 is 1.25 bits per heavy atom. The van der Waals surface area contributed by atoms with Gasteiger partial charge in [-0.1, -0.05) is 52.0 Å². The minimum Gasteiger partial charge on any atom is -0.321 e. The van der Waals surface area contributed by atoms with Crippen LogP contribution in [0.25, 0.3) is 11.1 Å². The Morgan fingerprint density at radius 2 is 0.964 bits per heavy atom. The van der Waals surface area contributed by atoms with Crippen LogP contribution in [0.1, 0.15) is 80.4 Å². The maximum atomic E-state index is 13.1. The first-order chi connectivity index (χ1) is 12.3. The number of rotatable bonds is 6. The van der Waals surface area contributed by atoms with Crippen LogP contribution in [0.15, 0.2) is 36.4 Å². The molecule has 5 heteroatoms. The monoisotopic (exact) mass is 422 g/mol. The zero-order valence-electron chi connectivity index (χ0n) is 17.2. The number of carbonyl (C=O) groups excluding carboxylic acids is 1. The highest BCUT2D eigenvalue weighted by Crippen LogP contribution is 2.41. The minimum atomic E-state index is -0.383.